The Morgan fingerprint density at radius 2 is 1.94 bits per heavy atom. The third-order valence-electron chi connectivity index (χ3n) is 2.74. The van der Waals surface area contributed by atoms with E-state index in [1.807, 2.05) is 0 Å². The second-order valence-corrected chi connectivity index (χ2v) is 3.89. The van der Waals surface area contributed by atoms with E-state index in [9.17, 15) is 18.0 Å². The standard InChI is InChI=1S/C12H9F3O2/c13-12(14,15)10-4-3-7-1-2-8(11(16)17)5-9(7)6-10/h3-6H,1-2H2,(H,16,17). The van der Waals surface area contributed by atoms with Crippen molar-refractivity contribution in [3.63, 3.8) is 0 Å². The molecule has 0 atom stereocenters. The number of fused-ring (bicyclic) bond motifs is 1. The molecule has 2 nitrogen and oxygen atoms in total. The fourth-order valence-electron chi connectivity index (χ4n) is 1.83. The zero-order valence-corrected chi connectivity index (χ0v) is 8.71. The molecule has 0 bridgehead atoms. The molecule has 1 aliphatic rings. The van der Waals surface area contributed by atoms with Crippen LogP contribution in [0.1, 0.15) is 23.1 Å². The lowest BCUT2D eigenvalue weighted by Crippen LogP contribution is -2.10. The monoisotopic (exact) mass is 242 g/mol. The summed E-state index contributed by atoms with van der Waals surface area (Å²) in [6.07, 6.45) is -2.26. The summed E-state index contributed by atoms with van der Waals surface area (Å²) >= 11 is 0. The van der Waals surface area contributed by atoms with Gasteiger partial charge >= 0.3 is 12.1 Å². The molecule has 1 aliphatic carbocycles. The van der Waals surface area contributed by atoms with Crippen molar-refractivity contribution in [2.45, 2.75) is 19.0 Å². The predicted octanol–water partition coefficient (Wildman–Crippen LogP) is 3.12. The summed E-state index contributed by atoms with van der Waals surface area (Å²) in [7, 11) is 0. The van der Waals surface area contributed by atoms with E-state index in [4.69, 9.17) is 5.11 Å². The van der Waals surface area contributed by atoms with Crippen molar-refractivity contribution in [3.05, 3.63) is 40.5 Å². The SMILES string of the molecule is O=C(O)C1=Cc2cc(C(F)(F)F)ccc2CC1. The van der Waals surface area contributed by atoms with Crippen molar-refractivity contribution < 1.29 is 23.1 Å². The molecule has 0 heterocycles. The number of rotatable bonds is 1. The summed E-state index contributed by atoms with van der Waals surface area (Å²) in [6, 6.07) is 3.43. The average Bonchev–Trinajstić information content (AvgIpc) is 2.26. The van der Waals surface area contributed by atoms with E-state index < -0.39 is 17.7 Å². The number of benzene rings is 1. The van der Waals surface area contributed by atoms with Crippen LogP contribution in [-0.2, 0) is 17.4 Å². The molecule has 17 heavy (non-hydrogen) atoms. The predicted molar refractivity (Wildman–Crippen MR) is 55.4 cm³/mol. The average molecular weight is 242 g/mol. The second kappa shape index (κ2) is 3.91. The van der Waals surface area contributed by atoms with E-state index in [-0.39, 0.29) is 5.57 Å². The van der Waals surface area contributed by atoms with E-state index in [1.54, 1.807) is 0 Å². The minimum atomic E-state index is -4.40. The van der Waals surface area contributed by atoms with Crippen molar-refractivity contribution in [1.82, 2.24) is 0 Å². The van der Waals surface area contributed by atoms with Crippen molar-refractivity contribution in [2.24, 2.45) is 0 Å². The molecule has 0 fully saturated rings. The normalized spacial score (nSPS) is 15.1. The van der Waals surface area contributed by atoms with Gasteiger partial charge < -0.3 is 5.11 Å². The lowest BCUT2D eigenvalue weighted by Gasteiger charge is -2.16. The van der Waals surface area contributed by atoms with Gasteiger partial charge in [-0.3, -0.25) is 0 Å². The first-order chi connectivity index (χ1) is 7.88. The smallest absolute Gasteiger partial charge is 0.416 e. The number of carbonyl (C=O) groups is 1. The molecule has 1 N–H and O–H groups in total. The molecule has 5 heteroatoms. The molecule has 0 radical (unpaired) electrons. The Morgan fingerprint density at radius 1 is 1.24 bits per heavy atom. The van der Waals surface area contributed by atoms with Gasteiger partial charge in [-0.15, -0.1) is 0 Å². The first-order valence-electron chi connectivity index (χ1n) is 5.02. The summed E-state index contributed by atoms with van der Waals surface area (Å²) in [6.45, 7) is 0. The minimum Gasteiger partial charge on any atom is -0.478 e. The maximum absolute atomic E-state index is 12.5. The summed E-state index contributed by atoms with van der Waals surface area (Å²) < 4.78 is 37.4. The maximum Gasteiger partial charge on any atom is 0.416 e. The van der Waals surface area contributed by atoms with Crippen molar-refractivity contribution >= 4 is 12.0 Å². The number of aryl methyl sites for hydroxylation is 1. The van der Waals surface area contributed by atoms with E-state index in [2.05, 4.69) is 0 Å². The molecule has 0 spiro atoms. The highest BCUT2D eigenvalue weighted by Gasteiger charge is 2.31. The molecule has 1 aromatic carbocycles. The molecular formula is C12H9F3O2. The van der Waals surface area contributed by atoms with E-state index in [1.165, 1.54) is 12.1 Å². The second-order valence-electron chi connectivity index (χ2n) is 3.89. The molecular weight excluding hydrogens is 233 g/mol. The van der Waals surface area contributed by atoms with Gasteiger partial charge in [0.05, 0.1) is 5.56 Å². The van der Waals surface area contributed by atoms with Crippen LogP contribution in [0.5, 0.6) is 0 Å². The molecule has 2 rings (SSSR count). The maximum atomic E-state index is 12.5. The van der Waals surface area contributed by atoms with Crippen LogP contribution in [0, 0.1) is 0 Å². The molecule has 1 aromatic rings. The van der Waals surface area contributed by atoms with Crippen LogP contribution in [0.4, 0.5) is 13.2 Å². The first-order valence-corrected chi connectivity index (χ1v) is 5.02. The Hall–Kier alpha value is -1.78. The number of carboxylic acids is 1. The number of halogens is 3. The summed E-state index contributed by atoms with van der Waals surface area (Å²) in [5, 5.41) is 8.80. The van der Waals surface area contributed by atoms with Crippen LogP contribution >= 0.6 is 0 Å². The molecule has 0 aromatic heterocycles. The zero-order valence-electron chi connectivity index (χ0n) is 8.71. The Kier molecular flexibility index (Phi) is 2.69. The number of carboxylic acid groups (broad SMARTS) is 1. The summed E-state index contributed by atoms with van der Waals surface area (Å²) in [5.41, 5.74) is 0.502. The largest absolute Gasteiger partial charge is 0.478 e. The van der Waals surface area contributed by atoms with Crippen LogP contribution in [0.25, 0.3) is 6.08 Å². The highest BCUT2D eigenvalue weighted by atomic mass is 19.4. The van der Waals surface area contributed by atoms with Gasteiger partial charge in [-0.2, -0.15) is 13.2 Å². The van der Waals surface area contributed by atoms with Crippen LogP contribution in [0.3, 0.4) is 0 Å². The van der Waals surface area contributed by atoms with Gasteiger partial charge in [-0.25, -0.2) is 4.79 Å². The lowest BCUT2D eigenvalue weighted by atomic mass is 9.91. The van der Waals surface area contributed by atoms with Crippen molar-refractivity contribution in [1.29, 1.82) is 0 Å². The number of aliphatic carboxylic acids is 1. The van der Waals surface area contributed by atoms with E-state index in [0.717, 1.165) is 17.7 Å². The Morgan fingerprint density at radius 3 is 2.53 bits per heavy atom. The van der Waals surface area contributed by atoms with Crippen LogP contribution < -0.4 is 0 Å². The van der Waals surface area contributed by atoms with Gasteiger partial charge in [0.15, 0.2) is 0 Å². The zero-order chi connectivity index (χ0) is 12.6. The van der Waals surface area contributed by atoms with Gasteiger partial charge in [0.2, 0.25) is 0 Å². The topological polar surface area (TPSA) is 37.3 Å². The summed E-state index contributed by atoms with van der Waals surface area (Å²) in [4.78, 5) is 10.8. The van der Waals surface area contributed by atoms with Gasteiger partial charge in [0, 0.05) is 5.57 Å². The molecule has 0 saturated carbocycles. The first kappa shape index (κ1) is 11.7. The van der Waals surface area contributed by atoms with Crippen LogP contribution in [0.2, 0.25) is 0 Å². The number of hydrogen-bond donors (Lipinski definition) is 1. The van der Waals surface area contributed by atoms with Gasteiger partial charge in [-0.1, -0.05) is 6.07 Å². The number of alkyl halides is 3. The van der Waals surface area contributed by atoms with Gasteiger partial charge in [0.1, 0.15) is 0 Å². The van der Waals surface area contributed by atoms with Crippen molar-refractivity contribution in [2.75, 3.05) is 0 Å². The highest BCUT2D eigenvalue weighted by Crippen LogP contribution is 2.33. The Bertz CT molecular complexity index is 501. The Balaban J connectivity index is 2.46. The third-order valence-corrected chi connectivity index (χ3v) is 2.74. The van der Waals surface area contributed by atoms with E-state index >= 15 is 0 Å². The van der Waals surface area contributed by atoms with Crippen molar-refractivity contribution in [3.8, 4) is 0 Å². The fraction of sp³-hybridized carbons (Fsp3) is 0.250. The molecule has 0 saturated heterocycles. The lowest BCUT2D eigenvalue weighted by molar-refractivity contribution is -0.137. The van der Waals surface area contributed by atoms with Crippen LogP contribution in [-0.4, -0.2) is 11.1 Å². The quantitative estimate of drug-likeness (QED) is 0.821. The molecule has 0 aliphatic heterocycles. The minimum absolute atomic E-state index is 0.150. The fourth-order valence-corrected chi connectivity index (χ4v) is 1.83. The van der Waals surface area contributed by atoms with Gasteiger partial charge in [0.25, 0.3) is 0 Å². The van der Waals surface area contributed by atoms with Gasteiger partial charge in [-0.05, 0) is 42.2 Å². The number of hydrogen-bond acceptors (Lipinski definition) is 1. The Labute approximate surface area is 95.4 Å². The third kappa shape index (κ3) is 2.33. The van der Waals surface area contributed by atoms with Crippen LogP contribution in [0.15, 0.2) is 23.8 Å². The van der Waals surface area contributed by atoms with E-state index in [0.29, 0.717) is 18.4 Å². The highest BCUT2D eigenvalue weighted by molar-refractivity contribution is 5.93. The molecule has 0 unspecified atom stereocenters. The molecule has 90 valence electrons. The molecule has 0 amide bonds. The summed E-state index contributed by atoms with van der Waals surface area (Å²) in [5.74, 6) is -1.08.